The molecule has 1 unspecified atom stereocenters. The van der Waals surface area contributed by atoms with E-state index in [9.17, 15) is 12.6 Å². The van der Waals surface area contributed by atoms with Crippen molar-refractivity contribution in [2.45, 2.75) is 14.8 Å². The van der Waals surface area contributed by atoms with E-state index >= 15 is 0 Å². The summed E-state index contributed by atoms with van der Waals surface area (Å²) in [7, 11) is -2.53. The number of piperazine rings is 1. The Morgan fingerprint density at radius 3 is 2.41 bits per heavy atom. The molecule has 0 saturated carbocycles. The van der Waals surface area contributed by atoms with E-state index in [2.05, 4.69) is 9.88 Å². The molecule has 0 N–H and O–H groups in total. The maximum absolute atomic E-state index is 12.7. The van der Waals surface area contributed by atoms with Crippen LogP contribution in [0.1, 0.15) is 0 Å². The second kappa shape index (κ2) is 9.29. The van der Waals surface area contributed by atoms with Crippen LogP contribution in [0.2, 0.25) is 0 Å². The second-order valence-electron chi connectivity index (χ2n) is 6.25. The highest BCUT2D eigenvalue weighted by Crippen LogP contribution is 2.21. The summed E-state index contributed by atoms with van der Waals surface area (Å²) in [5.41, 5.74) is 0. The van der Waals surface area contributed by atoms with Gasteiger partial charge in [0.2, 0.25) is 10.0 Å². The zero-order valence-electron chi connectivity index (χ0n) is 15.2. The first-order valence-corrected chi connectivity index (χ1v) is 12.4. The molecule has 2 heterocycles. The molecule has 146 valence electrons. The van der Waals surface area contributed by atoms with Crippen molar-refractivity contribution in [1.82, 2.24) is 14.2 Å². The Balaban J connectivity index is 1.55. The number of nitrogens with zero attached hydrogens (tertiary/aromatic N) is 3. The summed E-state index contributed by atoms with van der Waals surface area (Å²) in [4.78, 5) is 7.43. The minimum absolute atomic E-state index is 0.226. The van der Waals surface area contributed by atoms with Crippen LogP contribution < -0.4 is 0 Å². The van der Waals surface area contributed by atoms with Crippen molar-refractivity contribution in [2.75, 3.05) is 44.7 Å². The highest BCUT2D eigenvalue weighted by atomic mass is 32.2. The van der Waals surface area contributed by atoms with Gasteiger partial charge in [0.15, 0.2) is 0 Å². The molecule has 0 bridgehead atoms. The number of pyridine rings is 1. The van der Waals surface area contributed by atoms with E-state index in [0.717, 1.165) is 23.0 Å². The quantitative estimate of drug-likeness (QED) is 0.631. The van der Waals surface area contributed by atoms with Crippen molar-refractivity contribution in [3.63, 3.8) is 0 Å². The number of hydrogen-bond acceptors (Lipinski definition) is 6. The van der Waals surface area contributed by atoms with Gasteiger partial charge in [0.25, 0.3) is 0 Å². The van der Waals surface area contributed by atoms with Gasteiger partial charge in [-0.25, -0.2) is 13.4 Å². The third-order valence-corrected chi connectivity index (χ3v) is 8.79. The Morgan fingerprint density at radius 2 is 1.78 bits per heavy atom. The molecule has 9 heteroatoms. The van der Waals surface area contributed by atoms with E-state index in [0.29, 0.717) is 24.6 Å². The van der Waals surface area contributed by atoms with E-state index in [1.807, 2.05) is 37.4 Å². The molecule has 0 aliphatic carbocycles. The van der Waals surface area contributed by atoms with Crippen LogP contribution in [0.5, 0.6) is 0 Å². The van der Waals surface area contributed by atoms with E-state index in [4.69, 9.17) is 0 Å². The summed E-state index contributed by atoms with van der Waals surface area (Å²) in [5, 5.41) is 0.734. The lowest BCUT2D eigenvalue weighted by Gasteiger charge is -2.31. The summed E-state index contributed by atoms with van der Waals surface area (Å²) in [6, 6.07) is 12.7. The first-order valence-electron chi connectivity index (χ1n) is 8.68. The lowest BCUT2D eigenvalue weighted by Crippen LogP contribution is -2.47. The summed E-state index contributed by atoms with van der Waals surface area (Å²) < 4.78 is 39.1. The lowest BCUT2D eigenvalue weighted by atomic mass is 10.4. The molecule has 1 saturated heterocycles. The minimum Gasteiger partial charge on any atom is -0.304 e. The topological polar surface area (TPSA) is 70.6 Å². The van der Waals surface area contributed by atoms with Crippen molar-refractivity contribution in [3.05, 3.63) is 48.7 Å². The first-order chi connectivity index (χ1) is 13.0. The van der Waals surface area contributed by atoms with Crippen molar-refractivity contribution in [2.24, 2.45) is 0 Å². The predicted molar refractivity (Wildman–Crippen MR) is 109 cm³/mol. The fraction of sp³-hybridized carbons (Fsp3) is 0.389. The second-order valence-corrected chi connectivity index (χ2v) is 10.9. The Labute approximate surface area is 167 Å². The molecule has 1 aliphatic rings. The zero-order chi connectivity index (χ0) is 19.3. The number of likely N-dealkylation sites (N-methyl/N-ethyl adjacent to an activating group) is 1. The molecule has 2 aromatic rings. The maximum atomic E-state index is 12.7. The summed E-state index contributed by atoms with van der Waals surface area (Å²) in [6.07, 6.45) is 1.42. The van der Waals surface area contributed by atoms with Crippen LogP contribution in [0.4, 0.5) is 0 Å². The predicted octanol–water partition coefficient (Wildman–Crippen LogP) is 1.92. The van der Waals surface area contributed by atoms with E-state index in [-0.39, 0.29) is 4.90 Å². The van der Waals surface area contributed by atoms with Gasteiger partial charge in [0.05, 0.1) is 15.8 Å². The molecule has 1 fully saturated rings. The summed E-state index contributed by atoms with van der Waals surface area (Å²) >= 11 is 1.48. The molecule has 0 spiro atoms. The molecule has 6 nitrogen and oxygen atoms in total. The summed E-state index contributed by atoms with van der Waals surface area (Å²) in [5.74, 6) is 1.18. The number of hydrogen-bond donors (Lipinski definition) is 0. The van der Waals surface area contributed by atoms with Gasteiger partial charge in [0.1, 0.15) is 4.90 Å². The molecule has 0 amide bonds. The Bertz CT molecular complexity index is 866. The molecule has 1 aliphatic heterocycles. The van der Waals surface area contributed by atoms with E-state index in [1.54, 1.807) is 12.1 Å². The molecule has 27 heavy (non-hydrogen) atoms. The standard InChI is InChI=1S/C18H23N3O3S3/c1-20-9-11-21(12-10-20)27(23,24)17-7-8-18(19-15-17)25-13-14-26(22)16-5-3-2-4-6-16/h2-8,15H,9-14H2,1H3. The van der Waals surface area contributed by atoms with Crippen LogP contribution in [-0.4, -0.2) is 71.5 Å². The maximum Gasteiger partial charge on any atom is 0.244 e. The smallest absolute Gasteiger partial charge is 0.244 e. The highest BCUT2D eigenvalue weighted by molar-refractivity contribution is 8.00. The largest absolute Gasteiger partial charge is 0.304 e. The van der Waals surface area contributed by atoms with Gasteiger partial charge in [-0.1, -0.05) is 18.2 Å². The van der Waals surface area contributed by atoms with Gasteiger partial charge in [-0.2, -0.15) is 4.31 Å². The number of sulfonamides is 1. The van der Waals surface area contributed by atoms with Crippen LogP contribution in [0.3, 0.4) is 0 Å². The van der Waals surface area contributed by atoms with Crippen molar-refractivity contribution in [1.29, 1.82) is 0 Å². The van der Waals surface area contributed by atoms with Gasteiger partial charge in [-0.3, -0.25) is 4.21 Å². The highest BCUT2D eigenvalue weighted by Gasteiger charge is 2.27. The summed E-state index contributed by atoms with van der Waals surface area (Å²) in [6.45, 7) is 2.47. The van der Waals surface area contributed by atoms with Crippen molar-refractivity contribution >= 4 is 32.6 Å². The van der Waals surface area contributed by atoms with E-state index in [1.165, 1.54) is 22.3 Å². The van der Waals surface area contributed by atoms with Crippen LogP contribution in [0.25, 0.3) is 0 Å². The monoisotopic (exact) mass is 425 g/mol. The molecule has 1 aromatic heterocycles. The number of thioether (sulfide) groups is 1. The van der Waals surface area contributed by atoms with Gasteiger partial charge in [-0.05, 0) is 31.3 Å². The average Bonchev–Trinajstić information content (AvgIpc) is 2.69. The van der Waals surface area contributed by atoms with Crippen LogP contribution in [-0.2, 0) is 20.8 Å². The van der Waals surface area contributed by atoms with Gasteiger partial charge < -0.3 is 4.90 Å². The van der Waals surface area contributed by atoms with Crippen LogP contribution in [0.15, 0.2) is 63.5 Å². The molecular formula is C18H23N3O3S3. The van der Waals surface area contributed by atoms with Gasteiger partial charge in [0, 0.05) is 48.8 Å². The molecule has 1 atom stereocenters. The lowest BCUT2D eigenvalue weighted by molar-refractivity contribution is 0.222. The van der Waals surface area contributed by atoms with Gasteiger partial charge >= 0.3 is 0 Å². The van der Waals surface area contributed by atoms with E-state index < -0.39 is 20.8 Å². The molecule has 3 rings (SSSR count). The minimum atomic E-state index is -3.49. The third-order valence-electron chi connectivity index (χ3n) is 4.33. The fourth-order valence-electron chi connectivity index (χ4n) is 2.69. The average molecular weight is 426 g/mol. The molecule has 0 radical (unpaired) electrons. The van der Waals surface area contributed by atoms with Crippen LogP contribution >= 0.6 is 11.8 Å². The Kier molecular flexibility index (Phi) is 7.04. The number of benzene rings is 1. The number of rotatable bonds is 7. The van der Waals surface area contributed by atoms with Crippen molar-refractivity contribution < 1.29 is 12.6 Å². The zero-order valence-corrected chi connectivity index (χ0v) is 17.6. The SMILES string of the molecule is CN1CCN(S(=O)(=O)c2ccc(SCCS(=O)c3ccccc3)nc2)CC1. The molecule has 1 aromatic carbocycles. The van der Waals surface area contributed by atoms with Crippen molar-refractivity contribution in [3.8, 4) is 0 Å². The van der Waals surface area contributed by atoms with Gasteiger partial charge in [-0.15, -0.1) is 11.8 Å². The molecular weight excluding hydrogens is 402 g/mol. The number of aromatic nitrogens is 1. The normalized spacial score (nSPS) is 17.7. The Hall–Kier alpha value is -1.26. The first kappa shape index (κ1) is 20.5. The van der Waals surface area contributed by atoms with Crippen LogP contribution in [0, 0.1) is 0 Å². The third kappa shape index (κ3) is 5.39. The Morgan fingerprint density at radius 1 is 1.07 bits per heavy atom. The fourth-order valence-corrected chi connectivity index (χ4v) is 6.20.